The number of amides is 2. The molecule has 7 nitrogen and oxygen atoms in total. The van der Waals surface area contributed by atoms with Crippen LogP contribution in [0.5, 0.6) is 11.5 Å². The van der Waals surface area contributed by atoms with Crippen molar-refractivity contribution in [3.8, 4) is 11.5 Å². The van der Waals surface area contributed by atoms with Crippen LogP contribution in [0, 0.1) is 0 Å². The molecule has 1 saturated heterocycles. The number of carbonyl (C=O) groups is 2. The van der Waals surface area contributed by atoms with Gasteiger partial charge in [0.25, 0.3) is 0 Å². The van der Waals surface area contributed by atoms with Crippen LogP contribution in [0.3, 0.4) is 0 Å². The third-order valence-corrected chi connectivity index (χ3v) is 6.16. The van der Waals surface area contributed by atoms with Gasteiger partial charge in [-0.1, -0.05) is 27.7 Å². The number of hydrogen-bond donors (Lipinski definition) is 1. The Balaban J connectivity index is 1.55. The highest BCUT2D eigenvalue weighted by Crippen LogP contribution is 2.36. The summed E-state index contributed by atoms with van der Waals surface area (Å²) in [7, 11) is 0. The SMILES string of the molecule is CCN1C(=O)C[C@H](C(=O)Nc2ccc(Br)cc2)SC1=Nc1ccc2c(c1)OCO2. The second kappa shape index (κ2) is 8.46. The fraction of sp³-hybridized carbons (Fsp3) is 0.250. The highest BCUT2D eigenvalue weighted by molar-refractivity contribution is 9.10. The summed E-state index contributed by atoms with van der Waals surface area (Å²) in [5.41, 5.74) is 1.32. The first-order chi connectivity index (χ1) is 14.0. The first kappa shape index (κ1) is 19.8. The molecule has 150 valence electrons. The number of hydrogen-bond acceptors (Lipinski definition) is 6. The molecule has 1 N–H and O–H groups in total. The average Bonchev–Trinajstić information content (AvgIpc) is 3.17. The van der Waals surface area contributed by atoms with E-state index < -0.39 is 5.25 Å². The van der Waals surface area contributed by atoms with Gasteiger partial charge in [0.2, 0.25) is 18.6 Å². The summed E-state index contributed by atoms with van der Waals surface area (Å²) in [6.45, 7) is 2.55. The van der Waals surface area contributed by atoms with Crippen molar-refractivity contribution in [2.24, 2.45) is 4.99 Å². The van der Waals surface area contributed by atoms with Crippen molar-refractivity contribution < 1.29 is 19.1 Å². The minimum Gasteiger partial charge on any atom is -0.454 e. The number of aliphatic imine (C=N–C) groups is 1. The molecule has 1 fully saturated rings. The van der Waals surface area contributed by atoms with Gasteiger partial charge in [0, 0.05) is 29.2 Å². The van der Waals surface area contributed by atoms with E-state index >= 15 is 0 Å². The van der Waals surface area contributed by atoms with Gasteiger partial charge in [-0.05, 0) is 43.3 Å². The monoisotopic (exact) mass is 475 g/mol. The number of nitrogens with zero attached hydrogens (tertiary/aromatic N) is 2. The second-order valence-electron chi connectivity index (χ2n) is 6.38. The average molecular weight is 476 g/mol. The van der Waals surface area contributed by atoms with E-state index in [1.165, 1.54) is 11.8 Å². The molecule has 2 heterocycles. The zero-order valence-corrected chi connectivity index (χ0v) is 18.0. The lowest BCUT2D eigenvalue weighted by Gasteiger charge is -2.30. The van der Waals surface area contributed by atoms with Gasteiger partial charge < -0.3 is 14.8 Å². The molecule has 0 spiro atoms. The molecule has 2 aromatic rings. The molecular weight excluding hydrogens is 458 g/mol. The Kier molecular flexibility index (Phi) is 5.77. The fourth-order valence-electron chi connectivity index (χ4n) is 2.97. The molecule has 0 saturated carbocycles. The second-order valence-corrected chi connectivity index (χ2v) is 8.46. The molecule has 29 heavy (non-hydrogen) atoms. The molecule has 2 amide bonds. The Morgan fingerprint density at radius 1 is 1.24 bits per heavy atom. The number of fused-ring (bicyclic) bond motifs is 1. The van der Waals surface area contributed by atoms with Crippen molar-refractivity contribution in [3.05, 3.63) is 46.9 Å². The van der Waals surface area contributed by atoms with Gasteiger partial charge in [-0.3, -0.25) is 14.5 Å². The summed E-state index contributed by atoms with van der Waals surface area (Å²) in [6, 6.07) is 12.6. The topological polar surface area (TPSA) is 80.2 Å². The van der Waals surface area contributed by atoms with E-state index in [0.717, 1.165) is 4.47 Å². The lowest BCUT2D eigenvalue weighted by Crippen LogP contribution is -2.45. The highest BCUT2D eigenvalue weighted by atomic mass is 79.9. The van der Waals surface area contributed by atoms with Crippen LogP contribution >= 0.6 is 27.7 Å². The molecule has 2 aliphatic heterocycles. The quantitative estimate of drug-likeness (QED) is 0.717. The van der Waals surface area contributed by atoms with Gasteiger partial charge in [0.15, 0.2) is 16.7 Å². The smallest absolute Gasteiger partial charge is 0.238 e. The fourth-order valence-corrected chi connectivity index (χ4v) is 4.40. The molecule has 4 rings (SSSR count). The number of rotatable bonds is 4. The van der Waals surface area contributed by atoms with Crippen molar-refractivity contribution in [2.45, 2.75) is 18.6 Å². The standard InChI is InChI=1S/C20H18BrN3O4S/c1-2-24-18(25)10-17(19(26)22-13-5-3-12(21)4-6-13)29-20(24)23-14-7-8-15-16(9-14)28-11-27-15/h3-9,17H,2,10-11H2,1H3,(H,22,26)/t17-/m1/s1. The molecule has 1 atom stereocenters. The Labute approximate surface area is 180 Å². The molecule has 2 aliphatic rings. The van der Waals surface area contributed by atoms with E-state index in [9.17, 15) is 9.59 Å². The number of nitrogens with one attached hydrogen (secondary N) is 1. The van der Waals surface area contributed by atoms with E-state index in [2.05, 4.69) is 26.2 Å². The van der Waals surface area contributed by atoms with Gasteiger partial charge in [0.05, 0.1) is 5.69 Å². The zero-order valence-electron chi connectivity index (χ0n) is 15.6. The molecular formula is C20H18BrN3O4S. The van der Waals surface area contributed by atoms with Gasteiger partial charge in [-0.2, -0.15) is 0 Å². The lowest BCUT2D eigenvalue weighted by atomic mass is 10.2. The lowest BCUT2D eigenvalue weighted by molar-refractivity contribution is -0.129. The van der Waals surface area contributed by atoms with E-state index in [1.807, 2.05) is 19.1 Å². The van der Waals surface area contributed by atoms with Crippen LogP contribution in [0.25, 0.3) is 0 Å². The first-order valence-electron chi connectivity index (χ1n) is 9.05. The van der Waals surface area contributed by atoms with Crippen molar-refractivity contribution in [2.75, 3.05) is 18.7 Å². The van der Waals surface area contributed by atoms with E-state index in [1.54, 1.807) is 35.2 Å². The van der Waals surface area contributed by atoms with Crippen LogP contribution in [-0.4, -0.2) is 40.5 Å². The van der Waals surface area contributed by atoms with Gasteiger partial charge in [0.1, 0.15) is 5.25 Å². The predicted molar refractivity (Wildman–Crippen MR) is 116 cm³/mol. The highest BCUT2D eigenvalue weighted by Gasteiger charge is 2.35. The maximum Gasteiger partial charge on any atom is 0.238 e. The number of thioether (sulfide) groups is 1. The van der Waals surface area contributed by atoms with E-state index in [4.69, 9.17) is 9.47 Å². The Morgan fingerprint density at radius 2 is 2.00 bits per heavy atom. The van der Waals surface area contributed by atoms with E-state index in [-0.39, 0.29) is 25.0 Å². The van der Waals surface area contributed by atoms with Crippen LogP contribution in [0.15, 0.2) is 51.9 Å². The molecule has 2 aromatic carbocycles. The van der Waals surface area contributed by atoms with Gasteiger partial charge >= 0.3 is 0 Å². The summed E-state index contributed by atoms with van der Waals surface area (Å²) in [5, 5.41) is 2.81. The molecule has 0 aliphatic carbocycles. The van der Waals surface area contributed by atoms with E-state index in [0.29, 0.717) is 34.6 Å². The summed E-state index contributed by atoms with van der Waals surface area (Å²) in [4.78, 5) is 31.6. The van der Waals surface area contributed by atoms with Gasteiger partial charge in [-0.15, -0.1) is 0 Å². The van der Waals surface area contributed by atoms with Crippen LogP contribution in [0.1, 0.15) is 13.3 Å². The molecule has 9 heteroatoms. The summed E-state index contributed by atoms with van der Waals surface area (Å²) < 4.78 is 11.6. The third-order valence-electron chi connectivity index (χ3n) is 4.44. The van der Waals surface area contributed by atoms with Gasteiger partial charge in [-0.25, -0.2) is 4.99 Å². The number of amidine groups is 1. The maximum atomic E-state index is 12.7. The van der Waals surface area contributed by atoms with Crippen molar-refractivity contribution in [3.63, 3.8) is 0 Å². The largest absolute Gasteiger partial charge is 0.454 e. The normalized spacial score (nSPS) is 19.5. The van der Waals surface area contributed by atoms with Crippen LogP contribution in [-0.2, 0) is 9.59 Å². The predicted octanol–water partition coefficient (Wildman–Crippen LogP) is 4.16. The Hall–Kier alpha value is -2.52. The number of anilines is 1. The minimum atomic E-state index is -0.554. The number of benzene rings is 2. The zero-order chi connectivity index (χ0) is 20.4. The summed E-state index contributed by atoms with van der Waals surface area (Å²) >= 11 is 4.66. The molecule has 0 unspecified atom stereocenters. The Bertz CT molecular complexity index is 980. The van der Waals surface area contributed by atoms with Crippen molar-refractivity contribution >= 4 is 56.0 Å². The number of halogens is 1. The van der Waals surface area contributed by atoms with Crippen molar-refractivity contribution in [1.82, 2.24) is 4.90 Å². The van der Waals surface area contributed by atoms with Crippen molar-refractivity contribution in [1.29, 1.82) is 0 Å². The number of carbonyl (C=O) groups excluding carboxylic acids is 2. The summed E-state index contributed by atoms with van der Waals surface area (Å²) in [6.07, 6.45) is 0.126. The van der Waals surface area contributed by atoms with Crippen LogP contribution < -0.4 is 14.8 Å². The molecule has 0 radical (unpaired) electrons. The van der Waals surface area contributed by atoms with Crippen LogP contribution in [0.2, 0.25) is 0 Å². The minimum absolute atomic E-state index is 0.123. The molecule has 0 aromatic heterocycles. The maximum absolute atomic E-state index is 12.7. The number of ether oxygens (including phenoxy) is 2. The Morgan fingerprint density at radius 3 is 2.76 bits per heavy atom. The summed E-state index contributed by atoms with van der Waals surface area (Å²) in [5.74, 6) is 0.938. The first-order valence-corrected chi connectivity index (χ1v) is 10.7. The molecule has 0 bridgehead atoms. The third kappa shape index (κ3) is 4.40. The van der Waals surface area contributed by atoms with Crippen LogP contribution in [0.4, 0.5) is 11.4 Å².